The number of hydrogen-bond acceptors (Lipinski definition) is 3. The topological polar surface area (TPSA) is 67.2 Å². The third-order valence-electron chi connectivity index (χ3n) is 2.63. The van der Waals surface area contributed by atoms with Crippen molar-refractivity contribution in [2.45, 2.75) is 9.79 Å². The number of benzene rings is 2. The third kappa shape index (κ3) is 2.00. The molecule has 2 aromatic carbocycles. The summed E-state index contributed by atoms with van der Waals surface area (Å²) in [5, 5.41) is 5.93. The van der Waals surface area contributed by atoms with Crippen LogP contribution in [0.2, 0.25) is 0 Å². The van der Waals surface area contributed by atoms with E-state index in [2.05, 4.69) is 16.7 Å². The van der Waals surface area contributed by atoms with Crippen LogP contribution < -0.4 is 16.4 Å². The molecule has 1 heterocycles. The molecule has 4 N–H and O–H groups in total. The maximum Gasteiger partial charge on any atom is 0.316 e. The fourth-order valence-electron chi connectivity index (χ4n) is 1.85. The standard InChI is InChI=1S/C13H11N3OS/c14-13(17)15-8-5-6-10-12(7-8)18-11-4-2-1-3-9(11)16-10/h1-7,16H,(H3,14,15,17). The SMILES string of the molecule is NC(=O)Nc1ccc2c(c1)Sc1ccccc1N2. The number of carbonyl (C=O) groups excluding carboxylic acids is 1. The summed E-state index contributed by atoms with van der Waals surface area (Å²) in [6.45, 7) is 0. The van der Waals surface area contributed by atoms with Gasteiger partial charge in [0.2, 0.25) is 0 Å². The van der Waals surface area contributed by atoms with Crippen molar-refractivity contribution >= 4 is 34.9 Å². The Balaban J connectivity index is 1.96. The van der Waals surface area contributed by atoms with Gasteiger partial charge in [-0.15, -0.1) is 0 Å². The molecule has 18 heavy (non-hydrogen) atoms. The van der Waals surface area contributed by atoms with Crippen molar-refractivity contribution in [3.63, 3.8) is 0 Å². The van der Waals surface area contributed by atoms with Gasteiger partial charge in [0.05, 0.1) is 11.4 Å². The molecule has 1 aliphatic heterocycles. The first-order chi connectivity index (χ1) is 8.72. The van der Waals surface area contributed by atoms with Gasteiger partial charge in [-0.05, 0) is 30.3 Å². The molecule has 4 nitrogen and oxygen atoms in total. The summed E-state index contributed by atoms with van der Waals surface area (Å²) in [5.74, 6) is 0. The summed E-state index contributed by atoms with van der Waals surface area (Å²) >= 11 is 1.67. The van der Waals surface area contributed by atoms with Crippen LogP contribution in [0.5, 0.6) is 0 Å². The van der Waals surface area contributed by atoms with E-state index in [0.717, 1.165) is 16.3 Å². The van der Waals surface area contributed by atoms with E-state index < -0.39 is 6.03 Å². The van der Waals surface area contributed by atoms with E-state index in [1.54, 1.807) is 11.8 Å². The minimum absolute atomic E-state index is 0.552. The highest BCUT2D eigenvalue weighted by molar-refractivity contribution is 7.99. The lowest BCUT2D eigenvalue weighted by molar-refractivity contribution is 0.259. The molecule has 90 valence electrons. The van der Waals surface area contributed by atoms with E-state index >= 15 is 0 Å². The molecule has 0 saturated carbocycles. The molecular formula is C13H11N3OS. The molecule has 0 aromatic heterocycles. The zero-order valence-corrected chi connectivity index (χ0v) is 10.3. The third-order valence-corrected chi connectivity index (χ3v) is 3.76. The van der Waals surface area contributed by atoms with E-state index in [-0.39, 0.29) is 0 Å². The molecule has 0 fully saturated rings. The fourth-order valence-corrected chi connectivity index (χ4v) is 2.88. The van der Waals surface area contributed by atoms with Crippen molar-refractivity contribution < 1.29 is 4.79 Å². The number of urea groups is 1. The summed E-state index contributed by atoms with van der Waals surface area (Å²) in [7, 11) is 0. The maximum atomic E-state index is 10.8. The Morgan fingerprint density at radius 3 is 2.72 bits per heavy atom. The Hall–Kier alpha value is -2.14. The highest BCUT2D eigenvalue weighted by atomic mass is 32.2. The summed E-state index contributed by atoms with van der Waals surface area (Å²) < 4.78 is 0. The molecule has 0 aliphatic carbocycles. The normalized spacial score (nSPS) is 12.0. The molecular weight excluding hydrogens is 246 g/mol. The highest BCUT2D eigenvalue weighted by Crippen LogP contribution is 2.44. The van der Waals surface area contributed by atoms with E-state index in [1.807, 2.05) is 36.4 Å². The Kier molecular flexibility index (Phi) is 2.60. The second kappa shape index (κ2) is 4.27. The highest BCUT2D eigenvalue weighted by Gasteiger charge is 2.15. The summed E-state index contributed by atoms with van der Waals surface area (Å²) in [4.78, 5) is 13.1. The molecule has 1 aliphatic rings. The van der Waals surface area contributed by atoms with Crippen LogP contribution in [0.15, 0.2) is 52.3 Å². The van der Waals surface area contributed by atoms with Crippen LogP contribution >= 0.6 is 11.8 Å². The number of rotatable bonds is 1. The van der Waals surface area contributed by atoms with Crippen LogP contribution in [0.1, 0.15) is 0 Å². The van der Waals surface area contributed by atoms with Gasteiger partial charge in [0.25, 0.3) is 0 Å². The van der Waals surface area contributed by atoms with E-state index in [4.69, 9.17) is 5.73 Å². The van der Waals surface area contributed by atoms with Crippen LogP contribution in [-0.4, -0.2) is 6.03 Å². The number of para-hydroxylation sites is 1. The van der Waals surface area contributed by atoms with Gasteiger partial charge in [-0.3, -0.25) is 0 Å². The molecule has 0 bridgehead atoms. The average Bonchev–Trinajstić information content (AvgIpc) is 2.35. The van der Waals surface area contributed by atoms with Crippen LogP contribution in [0, 0.1) is 0 Å². The van der Waals surface area contributed by atoms with Gasteiger partial charge < -0.3 is 16.4 Å². The smallest absolute Gasteiger partial charge is 0.316 e. The number of anilines is 3. The molecule has 0 atom stereocenters. The van der Waals surface area contributed by atoms with Crippen molar-refractivity contribution in [2.24, 2.45) is 5.73 Å². The number of carbonyl (C=O) groups is 1. The predicted molar refractivity (Wildman–Crippen MR) is 73.5 cm³/mol. The Morgan fingerprint density at radius 1 is 1.11 bits per heavy atom. The largest absolute Gasteiger partial charge is 0.354 e. The average molecular weight is 257 g/mol. The van der Waals surface area contributed by atoms with Gasteiger partial charge in [0, 0.05) is 15.5 Å². The molecule has 2 amide bonds. The lowest BCUT2D eigenvalue weighted by atomic mass is 10.2. The summed E-state index contributed by atoms with van der Waals surface area (Å²) in [5.41, 5.74) is 7.95. The van der Waals surface area contributed by atoms with Crippen LogP contribution in [0.3, 0.4) is 0 Å². The van der Waals surface area contributed by atoms with Gasteiger partial charge in [-0.1, -0.05) is 23.9 Å². The van der Waals surface area contributed by atoms with Crippen LogP contribution in [0.25, 0.3) is 0 Å². The van der Waals surface area contributed by atoms with Gasteiger partial charge in [0.15, 0.2) is 0 Å². The fraction of sp³-hybridized carbons (Fsp3) is 0. The van der Waals surface area contributed by atoms with E-state index in [9.17, 15) is 4.79 Å². The number of nitrogens with two attached hydrogens (primary N) is 1. The van der Waals surface area contributed by atoms with Gasteiger partial charge >= 0.3 is 6.03 Å². The zero-order valence-electron chi connectivity index (χ0n) is 9.44. The molecule has 0 saturated heterocycles. The number of nitrogens with one attached hydrogen (secondary N) is 2. The quantitative estimate of drug-likeness (QED) is 0.626. The van der Waals surface area contributed by atoms with Crippen molar-refractivity contribution in [1.29, 1.82) is 0 Å². The van der Waals surface area contributed by atoms with Crippen molar-refractivity contribution in [2.75, 3.05) is 10.6 Å². The van der Waals surface area contributed by atoms with Crippen LogP contribution in [0.4, 0.5) is 21.9 Å². The number of fused-ring (bicyclic) bond motifs is 2. The number of hydrogen-bond donors (Lipinski definition) is 3. The Labute approximate surface area is 109 Å². The molecule has 0 unspecified atom stereocenters. The molecule has 0 spiro atoms. The maximum absolute atomic E-state index is 10.8. The number of amides is 2. The van der Waals surface area contributed by atoms with Gasteiger partial charge in [-0.25, -0.2) is 4.79 Å². The first-order valence-corrected chi connectivity index (χ1v) is 6.28. The summed E-state index contributed by atoms with van der Waals surface area (Å²) in [6, 6.07) is 13.2. The summed E-state index contributed by atoms with van der Waals surface area (Å²) in [6.07, 6.45) is 0. The predicted octanol–water partition coefficient (Wildman–Crippen LogP) is 3.39. The lowest BCUT2D eigenvalue weighted by Crippen LogP contribution is -2.19. The lowest BCUT2D eigenvalue weighted by Gasteiger charge is -2.21. The van der Waals surface area contributed by atoms with Gasteiger partial charge in [-0.2, -0.15) is 0 Å². The monoisotopic (exact) mass is 257 g/mol. The van der Waals surface area contributed by atoms with Crippen molar-refractivity contribution in [3.05, 3.63) is 42.5 Å². The van der Waals surface area contributed by atoms with Crippen molar-refractivity contribution in [3.8, 4) is 0 Å². The first kappa shape index (κ1) is 11.0. The first-order valence-electron chi connectivity index (χ1n) is 5.47. The Morgan fingerprint density at radius 2 is 1.89 bits per heavy atom. The molecule has 0 radical (unpaired) electrons. The molecule has 5 heteroatoms. The second-order valence-corrected chi connectivity index (χ2v) is 5.01. The van der Waals surface area contributed by atoms with Crippen molar-refractivity contribution in [1.82, 2.24) is 0 Å². The Bertz CT molecular complexity index is 627. The number of primary amides is 1. The minimum atomic E-state index is -0.552. The second-order valence-electron chi connectivity index (χ2n) is 3.92. The van der Waals surface area contributed by atoms with Gasteiger partial charge in [0.1, 0.15) is 0 Å². The molecule has 3 rings (SSSR count). The molecule has 2 aromatic rings. The van der Waals surface area contributed by atoms with E-state index in [1.165, 1.54) is 4.90 Å². The van der Waals surface area contributed by atoms with Crippen LogP contribution in [-0.2, 0) is 0 Å². The minimum Gasteiger partial charge on any atom is -0.354 e. The zero-order chi connectivity index (χ0) is 12.5. The van der Waals surface area contributed by atoms with E-state index in [0.29, 0.717) is 5.69 Å².